The van der Waals surface area contributed by atoms with Crippen LogP contribution < -0.4 is 0 Å². The van der Waals surface area contributed by atoms with E-state index in [1.807, 2.05) is 11.3 Å². The van der Waals surface area contributed by atoms with Crippen LogP contribution in [0, 0.1) is 0 Å². The molecule has 0 amide bonds. The van der Waals surface area contributed by atoms with Crippen molar-refractivity contribution in [2.24, 2.45) is 0 Å². The Kier molecular flexibility index (Phi) is 3.71. The van der Waals surface area contributed by atoms with E-state index in [1.165, 1.54) is 54.2 Å². The van der Waals surface area contributed by atoms with Crippen LogP contribution in [-0.4, -0.2) is 67.1 Å². The fourth-order valence-corrected chi connectivity index (χ4v) is 4.76. The molecule has 0 aliphatic carbocycles. The van der Waals surface area contributed by atoms with Crippen molar-refractivity contribution in [1.29, 1.82) is 0 Å². The predicted molar refractivity (Wildman–Crippen MR) is 90.0 cm³/mol. The number of thiophene rings is 1. The van der Waals surface area contributed by atoms with Gasteiger partial charge in [0.2, 0.25) is 0 Å². The van der Waals surface area contributed by atoms with Crippen LogP contribution >= 0.6 is 11.3 Å². The summed E-state index contributed by atoms with van der Waals surface area (Å²) in [6, 6.07) is 11.8. The molecule has 2 aliphatic rings. The highest BCUT2D eigenvalue weighted by atomic mass is 32.1. The van der Waals surface area contributed by atoms with E-state index >= 15 is 0 Å². The second-order valence-corrected chi connectivity index (χ2v) is 7.61. The number of nitrogens with zero attached hydrogens (tertiary/aromatic N) is 3. The van der Waals surface area contributed by atoms with Gasteiger partial charge in [0.15, 0.2) is 0 Å². The van der Waals surface area contributed by atoms with Crippen molar-refractivity contribution in [3.63, 3.8) is 0 Å². The summed E-state index contributed by atoms with van der Waals surface area (Å²) in [5.74, 6) is 0. The number of hydrogen-bond donors (Lipinski definition) is 0. The molecular formula is C17H23N3S. The summed E-state index contributed by atoms with van der Waals surface area (Å²) in [5, 5.41) is 1.40. The van der Waals surface area contributed by atoms with Crippen molar-refractivity contribution in [1.82, 2.24) is 14.7 Å². The van der Waals surface area contributed by atoms with Crippen molar-refractivity contribution < 1.29 is 0 Å². The molecule has 4 rings (SSSR count). The van der Waals surface area contributed by atoms with E-state index in [9.17, 15) is 0 Å². The van der Waals surface area contributed by atoms with Crippen LogP contribution in [0.2, 0.25) is 0 Å². The lowest BCUT2D eigenvalue weighted by atomic mass is 10.1. The van der Waals surface area contributed by atoms with Gasteiger partial charge < -0.3 is 4.90 Å². The zero-order valence-corrected chi connectivity index (χ0v) is 13.5. The van der Waals surface area contributed by atoms with Gasteiger partial charge in [-0.15, -0.1) is 11.3 Å². The molecule has 3 heterocycles. The standard InChI is InChI=1S/C17H23N3S/c1-18-6-8-20-9-7-19(12-15(20)11-18)13-16-10-14-4-2-3-5-17(14)21-16/h2-5,10,15H,6-9,11-13H2,1H3. The number of fused-ring (bicyclic) bond motifs is 2. The Morgan fingerprint density at radius 2 is 1.95 bits per heavy atom. The Bertz CT molecular complexity index is 590. The maximum atomic E-state index is 2.68. The summed E-state index contributed by atoms with van der Waals surface area (Å²) >= 11 is 1.96. The van der Waals surface area contributed by atoms with Gasteiger partial charge in [-0.1, -0.05) is 18.2 Å². The van der Waals surface area contributed by atoms with Gasteiger partial charge in [-0.2, -0.15) is 0 Å². The van der Waals surface area contributed by atoms with Gasteiger partial charge >= 0.3 is 0 Å². The van der Waals surface area contributed by atoms with Crippen LogP contribution in [0.5, 0.6) is 0 Å². The molecule has 2 aromatic rings. The van der Waals surface area contributed by atoms with Gasteiger partial charge in [0.05, 0.1) is 0 Å². The third-order valence-corrected chi connectivity index (χ3v) is 5.94. The molecule has 0 saturated carbocycles. The first-order chi connectivity index (χ1) is 10.3. The van der Waals surface area contributed by atoms with Gasteiger partial charge in [-0.25, -0.2) is 0 Å². The molecule has 2 saturated heterocycles. The molecule has 112 valence electrons. The number of hydrogen-bond acceptors (Lipinski definition) is 4. The van der Waals surface area contributed by atoms with Crippen LogP contribution in [0.25, 0.3) is 10.1 Å². The fourth-order valence-electron chi connectivity index (χ4n) is 3.65. The summed E-state index contributed by atoms with van der Waals surface area (Å²) in [6.45, 7) is 8.50. The molecule has 0 spiro atoms. The zero-order chi connectivity index (χ0) is 14.2. The molecule has 1 aromatic heterocycles. The molecule has 0 bridgehead atoms. The van der Waals surface area contributed by atoms with E-state index in [1.54, 1.807) is 0 Å². The first kappa shape index (κ1) is 13.7. The summed E-state index contributed by atoms with van der Waals surface area (Å²) in [6.07, 6.45) is 0. The fraction of sp³-hybridized carbons (Fsp3) is 0.529. The molecule has 4 heteroatoms. The molecular weight excluding hydrogens is 278 g/mol. The molecule has 2 aliphatic heterocycles. The smallest absolute Gasteiger partial charge is 0.0351 e. The summed E-state index contributed by atoms with van der Waals surface area (Å²) in [5.41, 5.74) is 0. The van der Waals surface area contributed by atoms with Gasteiger partial charge in [0.1, 0.15) is 0 Å². The first-order valence-electron chi connectivity index (χ1n) is 7.90. The van der Waals surface area contributed by atoms with Crippen molar-refractivity contribution in [2.75, 3.05) is 46.3 Å². The maximum Gasteiger partial charge on any atom is 0.0351 e. The summed E-state index contributed by atoms with van der Waals surface area (Å²) < 4.78 is 1.42. The van der Waals surface area contributed by atoms with Gasteiger partial charge in [-0.3, -0.25) is 9.80 Å². The topological polar surface area (TPSA) is 9.72 Å². The van der Waals surface area contributed by atoms with E-state index in [2.05, 4.69) is 52.1 Å². The predicted octanol–water partition coefficient (Wildman–Crippen LogP) is 2.33. The van der Waals surface area contributed by atoms with E-state index in [4.69, 9.17) is 0 Å². The van der Waals surface area contributed by atoms with Crippen LogP contribution in [0.1, 0.15) is 4.88 Å². The maximum absolute atomic E-state index is 2.68. The molecule has 3 nitrogen and oxygen atoms in total. The lowest BCUT2D eigenvalue weighted by Crippen LogP contribution is -2.60. The second kappa shape index (κ2) is 5.69. The Morgan fingerprint density at radius 3 is 2.86 bits per heavy atom. The molecule has 21 heavy (non-hydrogen) atoms. The summed E-state index contributed by atoms with van der Waals surface area (Å²) in [4.78, 5) is 9.31. The number of rotatable bonds is 2. The number of piperazine rings is 2. The van der Waals surface area contributed by atoms with Crippen molar-refractivity contribution in [3.8, 4) is 0 Å². The third-order valence-electron chi connectivity index (χ3n) is 4.84. The lowest BCUT2D eigenvalue weighted by molar-refractivity contribution is 0.0179. The quantitative estimate of drug-likeness (QED) is 0.843. The highest BCUT2D eigenvalue weighted by molar-refractivity contribution is 7.19. The minimum atomic E-state index is 0.729. The monoisotopic (exact) mass is 301 g/mol. The van der Waals surface area contributed by atoms with E-state index in [0.717, 1.165) is 12.6 Å². The van der Waals surface area contributed by atoms with Gasteiger partial charge in [0.25, 0.3) is 0 Å². The minimum absolute atomic E-state index is 0.729. The molecule has 1 unspecified atom stereocenters. The van der Waals surface area contributed by atoms with Crippen LogP contribution in [0.15, 0.2) is 30.3 Å². The van der Waals surface area contributed by atoms with Gasteiger partial charge in [-0.05, 0) is 24.6 Å². The molecule has 1 aromatic carbocycles. The van der Waals surface area contributed by atoms with Crippen LogP contribution in [-0.2, 0) is 6.54 Å². The first-order valence-corrected chi connectivity index (χ1v) is 8.72. The molecule has 0 radical (unpaired) electrons. The average molecular weight is 301 g/mol. The van der Waals surface area contributed by atoms with E-state index in [-0.39, 0.29) is 0 Å². The Balaban J connectivity index is 1.45. The molecule has 2 fully saturated rings. The van der Waals surface area contributed by atoms with Crippen LogP contribution in [0.3, 0.4) is 0 Å². The van der Waals surface area contributed by atoms with Crippen molar-refractivity contribution >= 4 is 21.4 Å². The average Bonchev–Trinajstić information content (AvgIpc) is 2.89. The highest BCUT2D eigenvalue weighted by Gasteiger charge is 2.30. The second-order valence-electron chi connectivity index (χ2n) is 6.44. The van der Waals surface area contributed by atoms with E-state index < -0.39 is 0 Å². The normalized spacial score (nSPS) is 25.3. The highest BCUT2D eigenvalue weighted by Crippen LogP contribution is 2.27. The number of likely N-dealkylation sites (N-methyl/N-ethyl adjacent to an activating group) is 1. The lowest BCUT2D eigenvalue weighted by Gasteiger charge is -2.46. The molecule has 1 atom stereocenters. The Morgan fingerprint density at radius 1 is 1.10 bits per heavy atom. The van der Waals surface area contributed by atoms with Crippen molar-refractivity contribution in [3.05, 3.63) is 35.2 Å². The third kappa shape index (κ3) is 2.86. The summed E-state index contributed by atoms with van der Waals surface area (Å²) in [7, 11) is 2.25. The van der Waals surface area contributed by atoms with E-state index in [0.29, 0.717) is 0 Å². The molecule has 0 N–H and O–H groups in total. The van der Waals surface area contributed by atoms with Crippen LogP contribution in [0.4, 0.5) is 0 Å². The number of benzene rings is 1. The SMILES string of the molecule is CN1CCN2CCN(Cc3cc4ccccc4s3)CC2C1. The zero-order valence-electron chi connectivity index (χ0n) is 12.7. The van der Waals surface area contributed by atoms with Crippen molar-refractivity contribution in [2.45, 2.75) is 12.6 Å². The Labute approximate surface area is 130 Å². The Hall–Kier alpha value is -0.940. The van der Waals surface area contributed by atoms with Gasteiger partial charge in [0, 0.05) is 61.4 Å². The largest absolute Gasteiger partial charge is 0.303 e. The minimum Gasteiger partial charge on any atom is -0.303 e.